The molecule has 0 saturated carbocycles. The zero-order chi connectivity index (χ0) is 17.8. The number of anilines is 2. The third kappa shape index (κ3) is 4.16. The zero-order valence-electron chi connectivity index (χ0n) is 14.0. The Labute approximate surface area is 150 Å². The lowest BCUT2D eigenvalue weighted by molar-refractivity contribution is 0.102. The van der Waals surface area contributed by atoms with Crippen LogP contribution in [0.15, 0.2) is 64.6 Å². The van der Waals surface area contributed by atoms with Crippen LogP contribution < -0.4 is 11.1 Å². The molecule has 5 nitrogen and oxygen atoms in total. The number of nitrogens with zero attached hydrogens (tertiary/aromatic N) is 2. The highest BCUT2D eigenvalue weighted by atomic mass is 32.2. The van der Waals surface area contributed by atoms with Crippen LogP contribution in [0.3, 0.4) is 0 Å². The Balaban J connectivity index is 1.69. The van der Waals surface area contributed by atoms with Crippen molar-refractivity contribution in [2.45, 2.75) is 23.6 Å². The number of carbonyl (C=O) groups excluding carboxylic acids is 1. The van der Waals surface area contributed by atoms with Crippen molar-refractivity contribution in [1.82, 2.24) is 9.97 Å². The van der Waals surface area contributed by atoms with Crippen LogP contribution in [0.5, 0.6) is 0 Å². The van der Waals surface area contributed by atoms with Crippen molar-refractivity contribution < 1.29 is 4.79 Å². The van der Waals surface area contributed by atoms with Crippen LogP contribution in [-0.2, 0) is 0 Å². The molecule has 0 atom stereocenters. The molecule has 3 rings (SSSR count). The lowest BCUT2D eigenvalue weighted by Crippen LogP contribution is -2.16. The molecule has 0 fully saturated rings. The van der Waals surface area contributed by atoms with Crippen molar-refractivity contribution in [3.8, 4) is 0 Å². The molecule has 0 bridgehead atoms. The van der Waals surface area contributed by atoms with Crippen molar-refractivity contribution in [3.05, 3.63) is 71.7 Å². The average molecular weight is 350 g/mol. The van der Waals surface area contributed by atoms with Crippen LogP contribution >= 0.6 is 11.8 Å². The molecule has 2 aromatic carbocycles. The van der Waals surface area contributed by atoms with Crippen molar-refractivity contribution >= 4 is 29.2 Å². The van der Waals surface area contributed by atoms with E-state index in [9.17, 15) is 4.79 Å². The number of aromatic nitrogens is 2. The van der Waals surface area contributed by atoms with E-state index in [-0.39, 0.29) is 17.4 Å². The predicted molar refractivity (Wildman–Crippen MR) is 101 cm³/mol. The van der Waals surface area contributed by atoms with Gasteiger partial charge in [-0.05, 0) is 61.4 Å². The van der Waals surface area contributed by atoms with Gasteiger partial charge >= 0.3 is 0 Å². The van der Waals surface area contributed by atoms with Crippen LogP contribution in [-0.4, -0.2) is 15.9 Å². The monoisotopic (exact) mass is 350 g/mol. The Morgan fingerprint density at radius 1 is 0.960 bits per heavy atom. The van der Waals surface area contributed by atoms with Crippen LogP contribution in [0.1, 0.15) is 21.6 Å². The number of nitrogen functional groups attached to an aromatic ring is 1. The minimum absolute atomic E-state index is 0.113. The van der Waals surface area contributed by atoms with Gasteiger partial charge in [-0.15, -0.1) is 0 Å². The summed E-state index contributed by atoms with van der Waals surface area (Å²) >= 11 is 1.68. The van der Waals surface area contributed by atoms with Gasteiger partial charge in [-0.2, -0.15) is 0 Å². The molecule has 0 spiro atoms. The number of carbonyl (C=O) groups is 1. The van der Waals surface area contributed by atoms with Gasteiger partial charge < -0.3 is 11.1 Å². The van der Waals surface area contributed by atoms with Gasteiger partial charge in [0, 0.05) is 27.9 Å². The summed E-state index contributed by atoms with van der Waals surface area (Å²) in [4.78, 5) is 22.3. The number of nitrogens with one attached hydrogen (secondary N) is 1. The van der Waals surface area contributed by atoms with E-state index in [1.807, 2.05) is 24.3 Å². The summed E-state index contributed by atoms with van der Waals surface area (Å²) in [5.74, 6) is -0.262. The van der Waals surface area contributed by atoms with Crippen molar-refractivity contribution in [3.63, 3.8) is 0 Å². The third-order valence-corrected chi connectivity index (χ3v) is 4.77. The summed E-state index contributed by atoms with van der Waals surface area (Å²) in [6.07, 6.45) is 2.89. The Morgan fingerprint density at radius 3 is 2.32 bits per heavy atom. The van der Waals surface area contributed by atoms with Gasteiger partial charge in [0.05, 0.1) is 0 Å². The Bertz CT molecular complexity index is 910. The molecule has 0 aliphatic heterocycles. The molecule has 126 valence electrons. The number of aryl methyl sites for hydroxylation is 2. The number of benzene rings is 2. The maximum absolute atomic E-state index is 12.2. The Hall–Kier alpha value is -2.86. The number of rotatable bonds is 4. The SMILES string of the molecule is Cc1ccc(Sc2ccc(NC(=O)c3nccnc3N)cc2)cc1C. The first-order chi connectivity index (χ1) is 12.0. The molecule has 0 unspecified atom stereocenters. The first kappa shape index (κ1) is 17.0. The van der Waals surface area contributed by atoms with Crippen LogP contribution in [0, 0.1) is 13.8 Å². The van der Waals surface area contributed by atoms with Crippen molar-refractivity contribution in [2.75, 3.05) is 11.1 Å². The molecule has 1 amide bonds. The first-order valence-electron chi connectivity index (χ1n) is 7.76. The molecule has 3 N–H and O–H groups in total. The van der Waals surface area contributed by atoms with Crippen LogP contribution in [0.4, 0.5) is 11.5 Å². The molecule has 6 heteroatoms. The standard InChI is InChI=1S/C19H18N4OS/c1-12-3-6-16(11-13(12)2)25-15-7-4-14(5-8-15)23-19(24)17-18(20)22-10-9-21-17/h3-11H,1-2H3,(H2,20,22)(H,23,24). The molecule has 1 heterocycles. The highest BCUT2D eigenvalue weighted by Gasteiger charge is 2.12. The second kappa shape index (κ2) is 7.36. The molecule has 0 aliphatic rings. The van der Waals surface area contributed by atoms with Gasteiger partial charge in [0.2, 0.25) is 0 Å². The fourth-order valence-electron chi connectivity index (χ4n) is 2.23. The fourth-order valence-corrected chi connectivity index (χ4v) is 3.15. The van der Waals surface area contributed by atoms with E-state index < -0.39 is 0 Å². The van der Waals surface area contributed by atoms with Crippen molar-refractivity contribution in [1.29, 1.82) is 0 Å². The molecule has 0 saturated heterocycles. The molecule has 0 radical (unpaired) electrons. The number of hydrogen-bond donors (Lipinski definition) is 2. The summed E-state index contributed by atoms with van der Waals surface area (Å²) in [5.41, 5.74) is 9.03. The summed E-state index contributed by atoms with van der Waals surface area (Å²) in [6, 6.07) is 14.1. The second-order valence-electron chi connectivity index (χ2n) is 5.62. The zero-order valence-corrected chi connectivity index (χ0v) is 14.8. The quantitative estimate of drug-likeness (QED) is 0.741. The van der Waals surface area contributed by atoms with Crippen LogP contribution in [0.2, 0.25) is 0 Å². The second-order valence-corrected chi connectivity index (χ2v) is 6.76. The smallest absolute Gasteiger partial charge is 0.278 e. The van der Waals surface area contributed by atoms with Gasteiger partial charge in [0.15, 0.2) is 11.5 Å². The summed E-state index contributed by atoms with van der Waals surface area (Å²) in [5, 5.41) is 2.78. The fraction of sp³-hybridized carbons (Fsp3) is 0.105. The minimum Gasteiger partial charge on any atom is -0.382 e. The number of hydrogen-bond acceptors (Lipinski definition) is 5. The Kier molecular flexibility index (Phi) is 5.00. The molecular formula is C19H18N4OS. The first-order valence-corrected chi connectivity index (χ1v) is 8.57. The van der Waals surface area contributed by atoms with E-state index in [0.717, 1.165) is 4.90 Å². The maximum Gasteiger partial charge on any atom is 0.278 e. The summed E-state index contributed by atoms with van der Waals surface area (Å²) in [7, 11) is 0. The van der Waals surface area contributed by atoms with Gasteiger partial charge in [-0.1, -0.05) is 17.8 Å². The number of nitrogens with two attached hydrogens (primary N) is 1. The highest BCUT2D eigenvalue weighted by molar-refractivity contribution is 7.99. The Morgan fingerprint density at radius 2 is 1.64 bits per heavy atom. The largest absolute Gasteiger partial charge is 0.382 e. The van der Waals surface area contributed by atoms with Crippen molar-refractivity contribution in [2.24, 2.45) is 0 Å². The van der Waals surface area contributed by atoms with Gasteiger partial charge in [0.1, 0.15) is 0 Å². The molecule has 25 heavy (non-hydrogen) atoms. The van der Waals surface area contributed by atoms with E-state index in [2.05, 4.69) is 47.3 Å². The molecule has 1 aromatic heterocycles. The van der Waals surface area contributed by atoms with Gasteiger partial charge in [-0.25, -0.2) is 9.97 Å². The van der Waals surface area contributed by atoms with Crippen LogP contribution in [0.25, 0.3) is 0 Å². The minimum atomic E-state index is -0.375. The van der Waals surface area contributed by atoms with E-state index >= 15 is 0 Å². The predicted octanol–water partition coefficient (Wildman–Crippen LogP) is 4.08. The number of amides is 1. The average Bonchev–Trinajstić information content (AvgIpc) is 2.60. The van der Waals surface area contributed by atoms with Gasteiger partial charge in [-0.3, -0.25) is 4.79 Å². The normalized spacial score (nSPS) is 10.5. The lowest BCUT2D eigenvalue weighted by atomic mass is 10.1. The summed E-state index contributed by atoms with van der Waals surface area (Å²) in [6.45, 7) is 4.21. The third-order valence-electron chi connectivity index (χ3n) is 3.77. The maximum atomic E-state index is 12.2. The van der Waals surface area contributed by atoms with E-state index in [4.69, 9.17) is 5.73 Å². The highest BCUT2D eigenvalue weighted by Crippen LogP contribution is 2.29. The molecule has 0 aliphatic carbocycles. The molecule has 3 aromatic rings. The molecular weight excluding hydrogens is 332 g/mol. The van der Waals surface area contributed by atoms with E-state index in [1.165, 1.54) is 28.4 Å². The van der Waals surface area contributed by atoms with Gasteiger partial charge in [0.25, 0.3) is 5.91 Å². The topological polar surface area (TPSA) is 80.9 Å². The van der Waals surface area contributed by atoms with E-state index in [1.54, 1.807) is 11.8 Å². The lowest BCUT2D eigenvalue weighted by Gasteiger charge is -2.08. The van der Waals surface area contributed by atoms with E-state index in [0.29, 0.717) is 5.69 Å². The summed E-state index contributed by atoms with van der Waals surface area (Å²) < 4.78 is 0.